The lowest BCUT2D eigenvalue weighted by Gasteiger charge is -2.20. The summed E-state index contributed by atoms with van der Waals surface area (Å²) in [6.07, 6.45) is 1.53. The average molecular weight is 622 g/mol. The normalized spacial score (nSPS) is 11.9. The summed E-state index contributed by atoms with van der Waals surface area (Å²) < 4.78 is 7.65. The first-order valence-electron chi connectivity index (χ1n) is 10.8. The van der Waals surface area contributed by atoms with Crippen molar-refractivity contribution in [1.82, 2.24) is 10.7 Å². The molecule has 0 heterocycles. The Balaban J connectivity index is 1.56. The molecule has 1 atom stereocenters. The molecule has 0 spiro atoms. The molecule has 182 valence electrons. The van der Waals surface area contributed by atoms with Crippen LogP contribution in [-0.4, -0.2) is 24.1 Å². The lowest BCUT2D eigenvalue weighted by Crippen LogP contribution is -2.48. The van der Waals surface area contributed by atoms with Gasteiger partial charge in [0.25, 0.3) is 11.8 Å². The van der Waals surface area contributed by atoms with Crippen LogP contribution in [0.3, 0.4) is 0 Å². The zero-order valence-corrected chi connectivity index (χ0v) is 23.0. The Morgan fingerprint density at radius 3 is 2.34 bits per heavy atom. The number of nitrogens with zero attached hydrogens (tertiary/aromatic N) is 1. The number of hydrogen-bond donors (Lipinski definition) is 2. The van der Waals surface area contributed by atoms with E-state index in [0.717, 1.165) is 20.1 Å². The van der Waals surface area contributed by atoms with Gasteiger partial charge >= 0.3 is 0 Å². The van der Waals surface area contributed by atoms with Gasteiger partial charge in [-0.2, -0.15) is 5.10 Å². The molecule has 3 aromatic carbocycles. The number of benzene rings is 3. The molecule has 6 nitrogen and oxygen atoms in total. The highest BCUT2D eigenvalue weighted by Crippen LogP contribution is 2.26. The second-order valence-electron chi connectivity index (χ2n) is 8.04. The van der Waals surface area contributed by atoms with Crippen molar-refractivity contribution in [2.75, 3.05) is 0 Å². The van der Waals surface area contributed by atoms with E-state index in [0.29, 0.717) is 22.9 Å². The van der Waals surface area contributed by atoms with Crippen LogP contribution in [-0.2, 0) is 11.4 Å². The minimum Gasteiger partial charge on any atom is -0.488 e. The summed E-state index contributed by atoms with van der Waals surface area (Å²) in [6, 6.07) is 19.1. The fourth-order valence-corrected chi connectivity index (χ4v) is 3.96. The van der Waals surface area contributed by atoms with Crippen molar-refractivity contribution in [3.8, 4) is 5.75 Å². The van der Waals surface area contributed by atoms with E-state index in [1.54, 1.807) is 24.3 Å². The van der Waals surface area contributed by atoms with Crippen LogP contribution < -0.4 is 15.5 Å². The molecule has 9 heteroatoms. The van der Waals surface area contributed by atoms with Crippen LogP contribution in [0.4, 0.5) is 0 Å². The second-order valence-corrected chi connectivity index (χ2v) is 10.2. The monoisotopic (exact) mass is 619 g/mol. The maximum atomic E-state index is 12.7. The Bertz CT molecular complexity index is 1200. The summed E-state index contributed by atoms with van der Waals surface area (Å²) in [4.78, 5) is 25.2. The molecule has 3 rings (SSSR count). The Labute approximate surface area is 226 Å². The number of hydrogen-bond acceptors (Lipinski definition) is 4. The molecule has 3 aromatic rings. The van der Waals surface area contributed by atoms with Crippen molar-refractivity contribution in [3.05, 3.63) is 97.4 Å². The molecule has 0 saturated carbocycles. The zero-order valence-electron chi connectivity index (χ0n) is 19.1. The third-order valence-corrected chi connectivity index (χ3v) is 6.39. The summed E-state index contributed by atoms with van der Waals surface area (Å²) >= 11 is 12.8. The highest BCUT2D eigenvalue weighted by Gasteiger charge is 2.24. The lowest BCUT2D eigenvalue weighted by molar-refractivity contribution is -0.123. The third-order valence-electron chi connectivity index (χ3n) is 4.99. The number of ether oxygens (including phenoxy) is 1. The van der Waals surface area contributed by atoms with E-state index >= 15 is 0 Å². The molecule has 1 unspecified atom stereocenters. The van der Waals surface area contributed by atoms with Gasteiger partial charge in [-0.05, 0) is 87.6 Å². The molecular weight excluding hydrogens is 598 g/mol. The summed E-state index contributed by atoms with van der Waals surface area (Å²) in [5.41, 5.74) is 4.74. The molecule has 0 aliphatic heterocycles. The van der Waals surface area contributed by atoms with Gasteiger partial charge in [0.1, 0.15) is 18.4 Å². The van der Waals surface area contributed by atoms with Crippen molar-refractivity contribution < 1.29 is 14.3 Å². The third kappa shape index (κ3) is 8.19. The van der Waals surface area contributed by atoms with Crippen LogP contribution in [0.15, 0.2) is 80.8 Å². The highest BCUT2D eigenvalue weighted by atomic mass is 79.9. The predicted molar refractivity (Wildman–Crippen MR) is 146 cm³/mol. The van der Waals surface area contributed by atoms with Crippen LogP contribution in [0.1, 0.15) is 35.3 Å². The van der Waals surface area contributed by atoms with Gasteiger partial charge in [-0.3, -0.25) is 9.59 Å². The molecule has 2 N–H and O–H groups in total. The first-order valence-corrected chi connectivity index (χ1v) is 12.8. The smallest absolute Gasteiger partial charge is 0.262 e. The van der Waals surface area contributed by atoms with Gasteiger partial charge in [0, 0.05) is 15.1 Å². The minimum atomic E-state index is -0.753. The van der Waals surface area contributed by atoms with E-state index in [4.69, 9.17) is 16.3 Å². The lowest BCUT2D eigenvalue weighted by atomic mass is 10.0. The van der Waals surface area contributed by atoms with Crippen LogP contribution in [0.2, 0.25) is 5.02 Å². The summed E-state index contributed by atoms with van der Waals surface area (Å²) in [6.45, 7) is 4.13. The Morgan fingerprint density at radius 1 is 1.03 bits per heavy atom. The van der Waals surface area contributed by atoms with Crippen molar-refractivity contribution in [3.63, 3.8) is 0 Å². The zero-order chi connectivity index (χ0) is 25.4. The summed E-state index contributed by atoms with van der Waals surface area (Å²) in [5, 5.41) is 7.34. The number of nitrogens with one attached hydrogen (secondary N) is 2. The van der Waals surface area contributed by atoms with Crippen molar-refractivity contribution in [2.24, 2.45) is 11.0 Å². The first-order chi connectivity index (χ1) is 16.7. The number of amides is 2. The number of rotatable bonds is 9. The van der Waals surface area contributed by atoms with Gasteiger partial charge in [-0.15, -0.1) is 0 Å². The average Bonchev–Trinajstić information content (AvgIpc) is 2.83. The van der Waals surface area contributed by atoms with Gasteiger partial charge < -0.3 is 10.1 Å². The van der Waals surface area contributed by atoms with Crippen molar-refractivity contribution in [2.45, 2.75) is 26.5 Å². The molecule has 0 radical (unpaired) electrons. The Morgan fingerprint density at radius 2 is 1.71 bits per heavy atom. The molecule has 2 amide bonds. The second kappa shape index (κ2) is 12.9. The SMILES string of the molecule is CC(C)C(NC(=O)c1ccc(Cl)cc1)C(=O)NN=Cc1ccc(OCc2ccc(Br)cc2)c(Br)c1. The number of halogens is 3. The van der Waals surface area contributed by atoms with Gasteiger partial charge in [0.2, 0.25) is 0 Å². The number of carbonyl (C=O) groups is 2. The fraction of sp³-hybridized carbons (Fsp3) is 0.192. The summed E-state index contributed by atoms with van der Waals surface area (Å²) in [5.74, 6) is -0.217. The van der Waals surface area contributed by atoms with Gasteiger partial charge in [-0.25, -0.2) is 5.43 Å². The topological polar surface area (TPSA) is 79.8 Å². The maximum absolute atomic E-state index is 12.7. The quantitative estimate of drug-likeness (QED) is 0.216. The minimum absolute atomic E-state index is 0.141. The van der Waals surface area contributed by atoms with E-state index in [2.05, 4.69) is 47.7 Å². The van der Waals surface area contributed by atoms with E-state index in [1.165, 1.54) is 6.21 Å². The van der Waals surface area contributed by atoms with Gasteiger partial charge in [0.15, 0.2) is 0 Å². The fourth-order valence-electron chi connectivity index (χ4n) is 3.06. The number of carbonyl (C=O) groups excluding carboxylic acids is 2. The molecular formula is C26H24Br2ClN3O3. The van der Waals surface area contributed by atoms with E-state index in [-0.39, 0.29) is 11.8 Å². The first kappa shape index (κ1) is 26.9. The molecule has 0 aromatic heterocycles. The van der Waals surface area contributed by atoms with Crippen LogP contribution in [0, 0.1) is 5.92 Å². The van der Waals surface area contributed by atoms with E-state index in [9.17, 15) is 9.59 Å². The molecule has 0 fully saturated rings. The highest BCUT2D eigenvalue weighted by molar-refractivity contribution is 9.10. The standard InChI is InChI=1S/C26H24Br2ClN3O3/c1-16(2)24(31-25(33)19-6-10-21(29)11-7-19)26(34)32-30-14-18-5-12-23(22(28)13-18)35-15-17-3-8-20(27)9-4-17/h3-14,16,24H,15H2,1-2H3,(H,31,33)(H,32,34). The van der Waals surface area contributed by atoms with Crippen LogP contribution in [0.25, 0.3) is 0 Å². The summed E-state index contributed by atoms with van der Waals surface area (Å²) in [7, 11) is 0. The molecule has 0 aliphatic carbocycles. The maximum Gasteiger partial charge on any atom is 0.262 e. The van der Waals surface area contributed by atoms with Crippen molar-refractivity contribution >= 4 is 61.5 Å². The molecule has 0 bridgehead atoms. The van der Waals surface area contributed by atoms with Crippen LogP contribution in [0.5, 0.6) is 5.75 Å². The van der Waals surface area contributed by atoms with Crippen LogP contribution >= 0.6 is 43.5 Å². The van der Waals surface area contributed by atoms with E-state index < -0.39 is 11.9 Å². The number of hydrazone groups is 1. The Kier molecular flexibility index (Phi) is 9.89. The molecule has 35 heavy (non-hydrogen) atoms. The predicted octanol–water partition coefficient (Wildman–Crippen LogP) is 6.35. The van der Waals surface area contributed by atoms with E-state index in [1.807, 2.05) is 56.3 Å². The van der Waals surface area contributed by atoms with Gasteiger partial charge in [0.05, 0.1) is 10.7 Å². The Hall–Kier alpha value is -2.68. The largest absolute Gasteiger partial charge is 0.488 e. The van der Waals surface area contributed by atoms with Gasteiger partial charge in [-0.1, -0.05) is 53.5 Å². The molecule has 0 saturated heterocycles. The van der Waals surface area contributed by atoms with Crippen molar-refractivity contribution in [1.29, 1.82) is 0 Å². The molecule has 0 aliphatic rings.